The Bertz CT molecular complexity index is 417. The molecule has 2 saturated heterocycles. The highest BCUT2D eigenvalue weighted by atomic mass is 32.2. The Hall–Kier alpha value is -0.660. The molecule has 110 valence electrons. The minimum absolute atomic E-state index is 0.0904. The normalized spacial score (nSPS) is 29.0. The fourth-order valence-corrected chi connectivity index (χ4v) is 4.76. The molecule has 2 aliphatic heterocycles. The number of methoxy groups -OCH3 is 1. The summed E-state index contributed by atoms with van der Waals surface area (Å²) in [6.07, 6.45) is 0.578. The zero-order valence-corrected chi connectivity index (χ0v) is 12.1. The van der Waals surface area contributed by atoms with Gasteiger partial charge in [-0.05, 0) is 12.3 Å². The summed E-state index contributed by atoms with van der Waals surface area (Å²) in [5.41, 5.74) is 0. The molecule has 0 bridgehead atoms. The molecular weight excluding hydrogens is 268 g/mol. The predicted octanol–water partition coefficient (Wildman–Crippen LogP) is -0.884. The van der Waals surface area contributed by atoms with Crippen molar-refractivity contribution in [1.82, 2.24) is 10.2 Å². The molecule has 7 heteroatoms. The molecule has 6 nitrogen and oxygen atoms in total. The molecular formula is C12H22N2O4S. The number of hydrogen-bond acceptors (Lipinski definition) is 6. The average molecular weight is 290 g/mol. The van der Waals surface area contributed by atoms with Gasteiger partial charge in [-0.25, -0.2) is 8.42 Å². The Morgan fingerprint density at radius 1 is 1.42 bits per heavy atom. The molecule has 0 saturated carbocycles. The molecule has 0 aromatic carbocycles. The number of carbonyl (C=O) groups excluding carboxylic acids is 1. The van der Waals surface area contributed by atoms with E-state index in [4.69, 9.17) is 4.74 Å². The molecule has 19 heavy (non-hydrogen) atoms. The van der Waals surface area contributed by atoms with Crippen LogP contribution in [0.1, 0.15) is 6.42 Å². The second kappa shape index (κ2) is 6.19. The molecule has 2 fully saturated rings. The van der Waals surface area contributed by atoms with E-state index in [1.54, 1.807) is 0 Å². The van der Waals surface area contributed by atoms with Crippen LogP contribution in [-0.2, 0) is 19.4 Å². The second-order valence-corrected chi connectivity index (χ2v) is 7.57. The molecule has 0 radical (unpaired) electrons. The van der Waals surface area contributed by atoms with Gasteiger partial charge in [-0.3, -0.25) is 9.69 Å². The lowest BCUT2D eigenvalue weighted by Gasteiger charge is -2.31. The summed E-state index contributed by atoms with van der Waals surface area (Å²) in [5, 5.41) is 3.26. The van der Waals surface area contributed by atoms with Crippen LogP contribution in [-0.4, -0.2) is 70.6 Å². The first kappa shape index (κ1) is 14.7. The van der Waals surface area contributed by atoms with Gasteiger partial charge in [-0.15, -0.1) is 0 Å². The monoisotopic (exact) mass is 290 g/mol. The first-order chi connectivity index (χ1) is 9.02. The number of nitrogens with zero attached hydrogens (tertiary/aromatic N) is 1. The van der Waals surface area contributed by atoms with Crippen molar-refractivity contribution in [2.45, 2.75) is 6.42 Å². The molecule has 0 spiro atoms. The molecule has 2 atom stereocenters. The Morgan fingerprint density at radius 2 is 2.11 bits per heavy atom. The number of hydrogen-bond donors (Lipinski definition) is 1. The highest BCUT2D eigenvalue weighted by molar-refractivity contribution is 7.91. The van der Waals surface area contributed by atoms with E-state index in [9.17, 15) is 13.2 Å². The van der Waals surface area contributed by atoms with E-state index in [2.05, 4.69) is 10.2 Å². The van der Waals surface area contributed by atoms with E-state index >= 15 is 0 Å². The van der Waals surface area contributed by atoms with Gasteiger partial charge in [0.05, 0.1) is 24.5 Å². The van der Waals surface area contributed by atoms with Crippen molar-refractivity contribution in [3.05, 3.63) is 0 Å². The van der Waals surface area contributed by atoms with E-state index in [1.807, 2.05) is 0 Å². The van der Waals surface area contributed by atoms with Crippen LogP contribution in [0.3, 0.4) is 0 Å². The summed E-state index contributed by atoms with van der Waals surface area (Å²) in [5.74, 6) is -0.362. The van der Waals surface area contributed by atoms with Crippen molar-refractivity contribution in [3.63, 3.8) is 0 Å². The molecule has 2 aliphatic rings. The predicted molar refractivity (Wildman–Crippen MR) is 71.6 cm³/mol. The van der Waals surface area contributed by atoms with Crippen LogP contribution in [0.2, 0.25) is 0 Å². The lowest BCUT2D eigenvalue weighted by molar-refractivity contribution is -0.148. The van der Waals surface area contributed by atoms with Crippen molar-refractivity contribution in [2.75, 3.05) is 51.3 Å². The highest BCUT2D eigenvalue weighted by Gasteiger charge is 2.38. The van der Waals surface area contributed by atoms with Gasteiger partial charge in [0.15, 0.2) is 9.84 Å². The van der Waals surface area contributed by atoms with E-state index < -0.39 is 9.84 Å². The van der Waals surface area contributed by atoms with Gasteiger partial charge in [0.2, 0.25) is 0 Å². The largest absolute Gasteiger partial charge is 0.469 e. The summed E-state index contributed by atoms with van der Waals surface area (Å²) in [4.78, 5) is 14.1. The maximum absolute atomic E-state index is 11.9. The summed E-state index contributed by atoms with van der Waals surface area (Å²) in [6, 6.07) is 0. The van der Waals surface area contributed by atoms with Gasteiger partial charge in [0.25, 0.3) is 0 Å². The second-order valence-electron chi connectivity index (χ2n) is 5.34. The van der Waals surface area contributed by atoms with E-state index in [0.29, 0.717) is 13.0 Å². The van der Waals surface area contributed by atoms with Crippen molar-refractivity contribution < 1.29 is 17.9 Å². The molecule has 0 amide bonds. The third-order valence-electron chi connectivity index (χ3n) is 4.01. The van der Waals surface area contributed by atoms with Gasteiger partial charge in [0, 0.05) is 32.7 Å². The molecule has 0 aliphatic carbocycles. The minimum Gasteiger partial charge on any atom is -0.469 e. The molecule has 2 unspecified atom stereocenters. The summed E-state index contributed by atoms with van der Waals surface area (Å²) >= 11 is 0. The van der Waals surface area contributed by atoms with Crippen LogP contribution in [0.15, 0.2) is 0 Å². The first-order valence-electron chi connectivity index (χ1n) is 6.73. The van der Waals surface area contributed by atoms with E-state index in [0.717, 1.165) is 26.2 Å². The van der Waals surface area contributed by atoms with Crippen LogP contribution in [0.5, 0.6) is 0 Å². The molecule has 0 aromatic rings. The zero-order valence-electron chi connectivity index (χ0n) is 11.3. The van der Waals surface area contributed by atoms with Crippen LogP contribution >= 0.6 is 0 Å². The number of carbonyl (C=O) groups is 1. The van der Waals surface area contributed by atoms with Crippen molar-refractivity contribution in [2.24, 2.45) is 11.8 Å². The van der Waals surface area contributed by atoms with Gasteiger partial charge >= 0.3 is 5.97 Å². The van der Waals surface area contributed by atoms with Gasteiger partial charge in [-0.1, -0.05) is 0 Å². The van der Waals surface area contributed by atoms with Crippen LogP contribution < -0.4 is 5.32 Å². The molecule has 1 N–H and O–H groups in total. The number of rotatable bonds is 4. The van der Waals surface area contributed by atoms with Crippen molar-refractivity contribution in [1.29, 1.82) is 0 Å². The standard InChI is InChI=1S/C12H22N2O4S/c1-18-12(15)11(8-14-5-3-13-4-6-14)10-2-7-19(16,17)9-10/h10-11,13H,2-9H2,1H3. The SMILES string of the molecule is COC(=O)C(CN1CCNCC1)C1CCS(=O)(=O)C1. The van der Waals surface area contributed by atoms with Crippen LogP contribution in [0.4, 0.5) is 0 Å². The summed E-state index contributed by atoms with van der Waals surface area (Å²) < 4.78 is 28.0. The smallest absolute Gasteiger partial charge is 0.310 e. The highest BCUT2D eigenvalue weighted by Crippen LogP contribution is 2.27. The maximum Gasteiger partial charge on any atom is 0.310 e. The maximum atomic E-state index is 11.9. The third-order valence-corrected chi connectivity index (χ3v) is 5.80. The van der Waals surface area contributed by atoms with Crippen molar-refractivity contribution in [3.8, 4) is 0 Å². The number of nitrogens with one attached hydrogen (secondary N) is 1. The lowest BCUT2D eigenvalue weighted by atomic mass is 9.91. The zero-order chi connectivity index (χ0) is 13.9. The Labute approximate surface area is 114 Å². The van der Waals surface area contributed by atoms with Gasteiger partial charge < -0.3 is 10.1 Å². The topological polar surface area (TPSA) is 75.7 Å². The average Bonchev–Trinajstić information content (AvgIpc) is 2.76. The third kappa shape index (κ3) is 3.90. The Morgan fingerprint density at radius 3 is 2.63 bits per heavy atom. The fourth-order valence-electron chi connectivity index (χ4n) is 2.88. The Kier molecular flexibility index (Phi) is 4.81. The quantitative estimate of drug-likeness (QED) is 0.677. The summed E-state index contributed by atoms with van der Waals surface area (Å²) in [6.45, 7) is 4.22. The Balaban J connectivity index is 2.01. The fraction of sp³-hybridized carbons (Fsp3) is 0.917. The lowest BCUT2D eigenvalue weighted by Crippen LogP contribution is -2.47. The van der Waals surface area contributed by atoms with Gasteiger partial charge in [-0.2, -0.15) is 0 Å². The number of ether oxygens (including phenoxy) is 1. The van der Waals surface area contributed by atoms with Crippen LogP contribution in [0, 0.1) is 11.8 Å². The van der Waals surface area contributed by atoms with Crippen molar-refractivity contribution >= 4 is 15.8 Å². The van der Waals surface area contributed by atoms with E-state index in [-0.39, 0.29) is 29.3 Å². The minimum atomic E-state index is -2.96. The van der Waals surface area contributed by atoms with Gasteiger partial charge in [0.1, 0.15) is 0 Å². The van der Waals surface area contributed by atoms with Crippen LogP contribution in [0.25, 0.3) is 0 Å². The number of sulfone groups is 1. The first-order valence-corrected chi connectivity index (χ1v) is 8.55. The summed E-state index contributed by atoms with van der Waals surface area (Å²) in [7, 11) is -1.59. The van der Waals surface area contributed by atoms with E-state index in [1.165, 1.54) is 7.11 Å². The molecule has 0 aromatic heterocycles. The number of esters is 1. The molecule has 2 heterocycles. The molecule has 2 rings (SSSR count). The number of piperazine rings is 1.